The van der Waals surface area contributed by atoms with Crippen LogP contribution in [0.15, 0.2) is 12.1 Å². The van der Waals surface area contributed by atoms with E-state index in [1.807, 2.05) is 11.3 Å². The van der Waals surface area contributed by atoms with Crippen LogP contribution in [0.1, 0.15) is 62.5 Å². The van der Waals surface area contributed by atoms with Gasteiger partial charge in [-0.15, -0.1) is 11.3 Å². The molecule has 1 atom stereocenters. The molecule has 0 N–H and O–H groups in total. The van der Waals surface area contributed by atoms with Crippen molar-refractivity contribution in [2.45, 2.75) is 58.2 Å². The Kier molecular flexibility index (Phi) is 4.29. The van der Waals surface area contributed by atoms with Crippen molar-refractivity contribution in [1.82, 2.24) is 0 Å². The maximum Gasteiger partial charge on any atom is 0.0494 e. The van der Waals surface area contributed by atoms with Crippen molar-refractivity contribution >= 4 is 27.3 Å². The largest absolute Gasteiger partial charge is 0.144 e. The monoisotopic (exact) mass is 302 g/mol. The van der Waals surface area contributed by atoms with E-state index in [2.05, 4.69) is 69.6 Å². The van der Waals surface area contributed by atoms with Crippen LogP contribution in [0.5, 0.6) is 0 Å². The Morgan fingerprint density at radius 3 is 2.06 bits per heavy atom. The number of halogens is 1. The third kappa shape index (κ3) is 4.21. The third-order valence-electron chi connectivity index (χ3n) is 2.47. The summed E-state index contributed by atoms with van der Waals surface area (Å²) in [6, 6.07) is 4.55. The lowest BCUT2D eigenvalue weighted by molar-refractivity contribution is 0.378. The first-order chi connectivity index (χ1) is 7.09. The quantitative estimate of drug-likeness (QED) is 0.595. The van der Waals surface area contributed by atoms with Crippen LogP contribution >= 0.6 is 27.3 Å². The molecule has 2 heteroatoms. The van der Waals surface area contributed by atoms with E-state index in [0.717, 1.165) is 0 Å². The molecule has 1 unspecified atom stereocenters. The number of thiophene rings is 1. The fourth-order valence-electron chi connectivity index (χ4n) is 1.56. The molecule has 1 aromatic heterocycles. The molecule has 92 valence electrons. The summed E-state index contributed by atoms with van der Waals surface area (Å²) in [6.07, 6.45) is 1.18. The molecule has 0 bridgehead atoms. The van der Waals surface area contributed by atoms with E-state index in [0.29, 0.717) is 10.2 Å². The molecule has 0 spiro atoms. The average Bonchev–Trinajstić information content (AvgIpc) is 2.46. The first kappa shape index (κ1) is 14.2. The molecule has 0 aliphatic rings. The topological polar surface area (TPSA) is 0 Å². The predicted octanol–water partition coefficient (Wildman–Crippen LogP) is 5.92. The molecule has 0 saturated heterocycles. The maximum atomic E-state index is 3.81. The molecule has 0 aromatic carbocycles. The lowest BCUT2D eigenvalue weighted by Crippen LogP contribution is -2.08. The van der Waals surface area contributed by atoms with Gasteiger partial charge in [0.25, 0.3) is 0 Å². The van der Waals surface area contributed by atoms with Crippen LogP contribution in [0, 0.1) is 5.41 Å². The van der Waals surface area contributed by atoms with Gasteiger partial charge in [-0.2, -0.15) is 0 Å². The van der Waals surface area contributed by atoms with E-state index in [-0.39, 0.29) is 5.41 Å². The minimum atomic E-state index is 0.275. The minimum Gasteiger partial charge on any atom is -0.144 e. The van der Waals surface area contributed by atoms with Gasteiger partial charge in [0.05, 0.1) is 0 Å². The summed E-state index contributed by atoms with van der Waals surface area (Å²) in [5.41, 5.74) is 0.650. The summed E-state index contributed by atoms with van der Waals surface area (Å²) < 4.78 is 0. The zero-order chi connectivity index (χ0) is 12.6. The summed E-state index contributed by atoms with van der Waals surface area (Å²) in [4.78, 5) is 3.43. The summed E-state index contributed by atoms with van der Waals surface area (Å²) in [5, 5.41) is 0. The second-order valence-corrected chi connectivity index (χ2v) is 8.91. The Balaban J connectivity index is 2.79. The standard InChI is InChI=1S/C14H23BrS/c1-13(2,3)9-10(15)11-7-8-12(16-11)14(4,5)6/h7-8,10H,9H2,1-6H3. The number of hydrogen-bond donors (Lipinski definition) is 0. The number of alkyl halides is 1. The van der Waals surface area contributed by atoms with Crippen LogP contribution in [0.3, 0.4) is 0 Å². The lowest BCUT2D eigenvalue weighted by Gasteiger charge is -2.21. The van der Waals surface area contributed by atoms with Crippen LogP contribution < -0.4 is 0 Å². The van der Waals surface area contributed by atoms with Crippen molar-refractivity contribution in [3.05, 3.63) is 21.9 Å². The summed E-state index contributed by atoms with van der Waals surface area (Å²) >= 11 is 5.75. The normalized spacial score (nSPS) is 15.2. The van der Waals surface area contributed by atoms with Gasteiger partial charge < -0.3 is 0 Å². The SMILES string of the molecule is CC(C)(C)CC(Br)c1ccc(C(C)(C)C)s1. The minimum absolute atomic E-state index is 0.275. The van der Waals surface area contributed by atoms with Crippen LogP contribution in [0.4, 0.5) is 0 Å². The Hall–Kier alpha value is 0.180. The van der Waals surface area contributed by atoms with Crippen molar-refractivity contribution in [1.29, 1.82) is 0 Å². The van der Waals surface area contributed by atoms with Gasteiger partial charge in [-0.25, -0.2) is 0 Å². The van der Waals surface area contributed by atoms with E-state index in [1.165, 1.54) is 16.2 Å². The van der Waals surface area contributed by atoms with Crippen molar-refractivity contribution in [3.63, 3.8) is 0 Å². The molecular weight excluding hydrogens is 280 g/mol. The molecular formula is C14H23BrS. The lowest BCUT2D eigenvalue weighted by atomic mass is 9.90. The zero-order valence-electron chi connectivity index (χ0n) is 11.2. The molecule has 0 fully saturated rings. The first-order valence-corrected chi connectivity index (χ1v) is 7.57. The predicted molar refractivity (Wildman–Crippen MR) is 78.8 cm³/mol. The molecule has 0 saturated carbocycles. The molecule has 0 nitrogen and oxygen atoms in total. The van der Waals surface area contributed by atoms with Gasteiger partial charge in [0, 0.05) is 14.6 Å². The highest BCUT2D eigenvalue weighted by molar-refractivity contribution is 9.09. The highest BCUT2D eigenvalue weighted by atomic mass is 79.9. The van der Waals surface area contributed by atoms with E-state index >= 15 is 0 Å². The van der Waals surface area contributed by atoms with E-state index < -0.39 is 0 Å². The second kappa shape index (κ2) is 4.81. The maximum absolute atomic E-state index is 3.81. The molecule has 1 heterocycles. The Labute approximate surface area is 113 Å². The van der Waals surface area contributed by atoms with E-state index in [4.69, 9.17) is 0 Å². The third-order valence-corrected chi connectivity index (χ3v) is 5.21. The van der Waals surface area contributed by atoms with Crippen LogP contribution in [-0.2, 0) is 5.41 Å². The van der Waals surface area contributed by atoms with Gasteiger partial charge in [-0.3, -0.25) is 0 Å². The highest BCUT2D eigenvalue weighted by Crippen LogP contribution is 2.40. The summed E-state index contributed by atoms with van der Waals surface area (Å²) in [7, 11) is 0. The smallest absolute Gasteiger partial charge is 0.0494 e. The second-order valence-electron chi connectivity index (χ2n) is 6.68. The van der Waals surface area contributed by atoms with Gasteiger partial charge in [0.15, 0.2) is 0 Å². The van der Waals surface area contributed by atoms with Crippen LogP contribution in [0.2, 0.25) is 0 Å². The van der Waals surface area contributed by atoms with E-state index in [9.17, 15) is 0 Å². The van der Waals surface area contributed by atoms with Crippen molar-refractivity contribution in [2.24, 2.45) is 5.41 Å². The van der Waals surface area contributed by atoms with Gasteiger partial charge in [0.2, 0.25) is 0 Å². The molecule has 1 rings (SSSR count). The molecule has 0 amide bonds. The number of hydrogen-bond acceptors (Lipinski definition) is 1. The summed E-state index contributed by atoms with van der Waals surface area (Å²) in [5.74, 6) is 0. The van der Waals surface area contributed by atoms with Crippen LogP contribution in [0.25, 0.3) is 0 Å². The Morgan fingerprint density at radius 1 is 1.12 bits per heavy atom. The van der Waals surface area contributed by atoms with Crippen molar-refractivity contribution < 1.29 is 0 Å². The molecule has 0 aliphatic carbocycles. The van der Waals surface area contributed by atoms with Crippen molar-refractivity contribution in [3.8, 4) is 0 Å². The highest BCUT2D eigenvalue weighted by Gasteiger charge is 2.22. The number of rotatable bonds is 2. The van der Waals surface area contributed by atoms with Crippen LogP contribution in [-0.4, -0.2) is 0 Å². The zero-order valence-corrected chi connectivity index (χ0v) is 13.6. The molecule has 0 aliphatic heterocycles. The first-order valence-electron chi connectivity index (χ1n) is 5.84. The van der Waals surface area contributed by atoms with Gasteiger partial charge >= 0.3 is 0 Å². The van der Waals surface area contributed by atoms with E-state index in [1.54, 1.807) is 0 Å². The van der Waals surface area contributed by atoms with Crippen molar-refractivity contribution in [2.75, 3.05) is 0 Å². The summed E-state index contributed by atoms with van der Waals surface area (Å²) in [6.45, 7) is 13.7. The fraction of sp³-hybridized carbons (Fsp3) is 0.714. The van der Waals surface area contributed by atoms with Gasteiger partial charge in [-0.05, 0) is 29.4 Å². The fourth-order valence-corrected chi connectivity index (χ4v) is 4.01. The van der Waals surface area contributed by atoms with Gasteiger partial charge in [-0.1, -0.05) is 57.5 Å². The molecule has 0 radical (unpaired) electrons. The Morgan fingerprint density at radius 2 is 1.69 bits per heavy atom. The average molecular weight is 303 g/mol. The Bertz CT molecular complexity index is 338. The molecule has 16 heavy (non-hydrogen) atoms. The molecule has 1 aromatic rings. The van der Waals surface area contributed by atoms with Gasteiger partial charge in [0.1, 0.15) is 0 Å².